The van der Waals surface area contributed by atoms with Gasteiger partial charge < -0.3 is 5.73 Å². The van der Waals surface area contributed by atoms with E-state index in [1.165, 1.54) is 29.2 Å². The van der Waals surface area contributed by atoms with Crippen molar-refractivity contribution < 1.29 is 8.42 Å². The number of hydrogen-bond donors (Lipinski definition) is 2. The molecule has 18 heavy (non-hydrogen) atoms. The zero-order valence-electron chi connectivity index (χ0n) is 9.46. The number of hydrogen-bond acceptors (Lipinski definition) is 4. The molecule has 0 aliphatic heterocycles. The Morgan fingerprint density at radius 1 is 1.44 bits per heavy atom. The van der Waals surface area contributed by atoms with Crippen LogP contribution in [0, 0.1) is 0 Å². The predicted molar refractivity (Wildman–Crippen MR) is 69.9 cm³/mol. The van der Waals surface area contributed by atoms with Crippen molar-refractivity contribution in [3.8, 4) is 0 Å². The summed E-state index contributed by atoms with van der Waals surface area (Å²) in [7, 11) is -2.07. The van der Waals surface area contributed by atoms with Crippen molar-refractivity contribution in [2.45, 2.75) is 4.90 Å². The van der Waals surface area contributed by atoms with Gasteiger partial charge in [-0.1, -0.05) is 11.6 Å². The van der Waals surface area contributed by atoms with Gasteiger partial charge in [-0.15, -0.1) is 0 Å². The fourth-order valence-electron chi connectivity index (χ4n) is 1.36. The number of anilines is 2. The highest BCUT2D eigenvalue weighted by atomic mass is 35.5. The summed E-state index contributed by atoms with van der Waals surface area (Å²) >= 11 is 5.79. The van der Waals surface area contributed by atoms with Gasteiger partial charge in [0.15, 0.2) is 0 Å². The van der Waals surface area contributed by atoms with Crippen LogP contribution in [-0.4, -0.2) is 18.2 Å². The average molecular weight is 287 g/mol. The Labute approximate surface area is 109 Å². The summed E-state index contributed by atoms with van der Waals surface area (Å²) in [5.41, 5.74) is 6.21. The zero-order valence-corrected chi connectivity index (χ0v) is 11.0. The van der Waals surface area contributed by atoms with Crippen LogP contribution in [0.25, 0.3) is 0 Å². The second-order valence-electron chi connectivity index (χ2n) is 3.69. The molecule has 0 saturated heterocycles. The molecule has 0 fully saturated rings. The van der Waals surface area contributed by atoms with Gasteiger partial charge in [0.05, 0.1) is 17.6 Å². The zero-order chi connectivity index (χ0) is 13.3. The second kappa shape index (κ2) is 4.51. The van der Waals surface area contributed by atoms with Gasteiger partial charge in [0.2, 0.25) is 0 Å². The third-order valence-corrected chi connectivity index (χ3v) is 3.81. The maximum atomic E-state index is 12.0. The van der Waals surface area contributed by atoms with Crippen LogP contribution in [0.3, 0.4) is 0 Å². The Kier molecular flexibility index (Phi) is 3.18. The van der Waals surface area contributed by atoms with E-state index >= 15 is 0 Å². The molecule has 0 unspecified atom stereocenters. The number of benzene rings is 1. The molecule has 1 heterocycles. The Morgan fingerprint density at radius 2 is 2.17 bits per heavy atom. The average Bonchev–Trinajstić information content (AvgIpc) is 2.71. The number of halogens is 1. The molecule has 2 rings (SSSR count). The lowest BCUT2D eigenvalue weighted by atomic mass is 10.3. The summed E-state index contributed by atoms with van der Waals surface area (Å²) in [6.45, 7) is 0. The summed E-state index contributed by atoms with van der Waals surface area (Å²) in [6.07, 6.45) is 2.64. The number of nitrogens with two attached hydrogens (primary N) is 1. The van der Waals surface area contributed by atoms with Gasteiger partial charge in [-0.3, -0.25) is 9.40 Å². The predicted octanol–water partition coefficient (Wildman–Crippen LogP) is 1.46. The fourth-order valence-corrected chi connectivity index (χ4v) is 2.59. The molecule has 1 aromatic heterocycles. The molecule has 6 nitrogen and oxygen atoms in total. The second-order valence-corrected chi connectivity index (χ2v) is 5.81. The molecule has 1 aromatic carbocycles. The first kappa shape index (κ1) is 12.7. The summed E-state index contributed by atoms with van der Waals surface area (Å²) in [6, 6.07) is 4.56. The Morgan fingerprint density at radius 3 is 2.78 bits per heavy atom. The molecule has 0 aliphatic rings. The summed E-state index contributed by atoms with van der Waals surface area (Å²) in [5, 5.41) is 4.20. The van der Waals surface area contributed by atoms with Crippen LogP contribution >= 0.6 is 11.6 Å². The Balaban J connectivity index is 2.36. The van der Waals surface area contributed by atoms with Crippen molar-refractivity contribution in [3.63, 3.8) is 0 Å². The molecular weight excluding hydrogens is 276 g/mol. The number of rotatable bonds is 3. The lowest BCUT2D eigenvalue weighted by Gasteiger charge is -2.09. The Bertz CT molecular complexity index is 681. The van der Waals surface area contributed by atoms with Crippen molar-refractivity contribution in [2.24, 2.45) is 7.05 Å². The molecule has 0 aliphatic carbocycles. The van der Waals surface area contributed by atoms with Crippen molar-refractivity contribution >= 4 is 33.0 Å². The van der Waals surface area contributed by atoms with Crippen LogP contribution in [0.2, 0.25) is 5.02 Å². The van der Waals surface area contributed by atoms with Gasteiger partial charge in [0.25, 0.3) is 10.0 Å². The molecule has 0 bridgehead atoms. The highest BCUT2D eigenvalue weighted by molar-refractivity contribution is 7.92. The molecule has 0 saturated carbocycles. The van der Waals surface area contributed by atoms with Gasteiger partial charge in [0, 0.05) is 18.3 Å². The summed E-state index contributed by atoms with van der Waals surface area (Å²) in [5.74, 6) is 0. The van der Waals surface area contributed by atoms with Crippen LogP contribution in [0.5, 0.6) is 0 Å². The van der Waals surface area contributed by atoms with Crippen LogP contribution in [0.15, 0.2) is 35.5 Å². The van der Waals surface area contributed by atoms with E-state index in [-0.39, 0.29) is 10.6 Å². The lowest BCUT2D eigenvalue weighted by molar-refractivity contribution is 0.601. The van der Waals surface area contributed by atoms with Gasteiger partial charge in [-0.05, 0) is 18.2 Å². The normalized spacial score (nSPS) is 11.4. The molecule has 2 aromatic rings. The minimum atomic E-state index is -3.70. The highest BCUT2D eigenvalue weighted by Crippen LogP contribution is 2.25. The first-order chi connectivity index (χ1) is 8.38. The third-order valence-electron chi connectivity index (χ3n) is 2.25. The molecule has 0 spiro atoms. The van der Waals surface area contributed by atoms with Gasteiger partial charge in [-0.25, -0.2) is 8.42 Å². The first-order valence-electron chi connectivity index (χ1n) is 4.95. The van der Waals surface area contributed by atoms with E-state index in [0.717, 1.165) is 0 Å². The molecule has 0 atom stereocenters. The maximum absolute atomic E-state index is 12.0. The van der Waals surface area contributed by atoms with E-state index in [1.807, 2.05) is 0 Å². The van der Waals surface area contributed by atoms with E-state index in [2.05, 4.69) is 9.82 Å². The standard InChI is InChI=1S/C10H11ClN4O2S/c1-15-6-8(5-13-15)18(16,17)14-10-4-7(11)2-3-9(10)12/h2-6,14H,12H2,1H3. The maximum Gasteiger partial charge on any atom is 0.265 e. The van der Waals surface area contributed by atoms with Crippen molar-refractivity contribution in [1.82, 2.24) is 9.78 Å². The highest BCUT2D eigenvalue weighted by Gasteiger charge is 2.17. The summed E-state index contributed by atoms with van der Waals surface area (Å²) in [4.78, 5) is 0.0596. The fraction of sp³-hybridized carbons (Fsp3) is 0.100. The van der Waals surface area contributed by atoms with E-state index in [9.17, 15) is 8.42 Å². The van der Waals surface area contributed by atoms with Gasteiger partial charge in [0.1, 0.15) is 4.90 Å². The monoisotopic (exact) mass is 286 g/mol. The number of aromatic nitrogens is 2. The molecule has 3 N–H and O–H groups in total. The SMILES string of the molecule is Cn1cc(S(=O)(=O)Nc2cc(Cl)ccc2N)cn1. The molecule has 8 heteroatoms. The van der Waals surface area contributed by atoms with Crippen LogP contribution in [0.4, 0.5) is 11.4 Å². The van der Waals surface area contributed by atoms with Gasteiger partial charge >= 0.3 is 0 Å². The quantitative estimate of drug-likeness (QED) is 0.836. The minimum Gasteiger partial charge on any atom is -0.397 e. The van der Waals surface area contributed by atoms with Gasteiger partial charge in [-0.2, -0.15) is 5.10 Å². The van der Waals surface area contributed by atoms with E-state index < -0.39 is 10.0 Å². The summed E-state index contributed by atoms with van der Waals surface area (Å²) < 4.78 is 27.8. The molecular formula is C10H11ClN4O2S. The van der Waals surface area contributed by atoms with Crippen molar-refractivity contribution in [3.05, 3.63) is 35.6 Å². The van der Waals surface area contributed by atoms with Crippen LogP contribution in [0.1, 0.15) is 0 Å². The van der Waals surface area contributed by atoms with E-state index in [1.54, 1.807) is 13.1 Å². The lowest BCUT2D eigenvalue weighted by Crippen LogP contribution is -2.13. The number of sulfonamides is 1. The third kappa shape index (κ3) is 2.57. The molecule has 96 valence electrons. The smallest absolute Gasteiger partial charge is 0.265 e. The van der Waals surface area contributed by atoms with E-state index in [0.29, 0.717) is 10.7 Å². The van der Waals surface area contributed by atoms with Crippen molar-refractivity contribution in [1.29, 1.82) is 0 Å². The van der Waals surface area contributed by atoms with E-state index in [4.69, 9.17) is 17.3 Å². The minimum absolute atomic E-state index is 0.0596. The number of nitrogens with zero attached hydrogens (tertiary/aromatic N) is 2. The van der Waals surface area contributed by atoms with Crippen LogP contribution in [-0.2, 0) is 17.1 Å². The molecule has 0 radical (unpaired) electrons. The number of aryl methyl sites for hydroxylation is 1. The molecule has 0 amide bonds. The first-order valence-corrected chi connectivity index (χ1v) is 6.81. The topological polar surface area (TPSA) is 90.0 Å². The Hall–Kier alpha value is -1.73. The number of nitrogens with one attached hydrogen (secondary N) is 1. The van der Waals surface area contributed by atoms with Crippen LogP contribution < -0.4 is 10.5 Å². The van der Waals surface area contributed by atoms with Crippen molar-refractivity contribution in [2.75, 3.05) is 10.5 Å². The largest absolute Gasteiger partial charge is 0.397 e. The number of nitrogen functional groups attached to an aromatic ring is 1.